The van der Waals surface area contributed by atoms with E-state index in [1.165, 1.54) is 5.56 Å². The van der Waals surface area contributed by atoms with Gasteiger partial charge in [0.15, 0.2) is 0 Å². The van der Waals surface area contributed by atoms with E-state index in [4.69, 9.17) is 5.26 Å². The number of amides is 1. The number of nitrogens with one attached hydrogen (secondary N) is 1. The molecule has 0 aliphatic carbocycles. The normalized spacial score (nSPS) is 22.1. The Labute approximate surface area is 114 Å². The van der Waals surface area contributed by atoms with Crippen molar-refractivity contribution in [2.45, 2.75) is 31.8 Å². The zero-order valence-corrected chi connectivity index (χ0v) is 11.2. The lowest BCUT2D eigenvalue weighted by Crippen LogP contribution is -2.45. The highest BCUT2D eigenvalue weighted by Gasteiger charge is 2.31. The van der Waals surface area contributed by atoms with E-state index in [0.717, 1.165) is 13.0 Å². The molecule has 1 aromatic carbocycles. The molecule has 1 fully saturated rings. The van der Waals surface area contributed by atoms with Gasteiger partial charge in [-0.3, -0.25) is 9.69 Å². The maximum Gasteiger partial charge on any atom is 0.238 e. The summed E-state index contributed by atoms with van der Waals surface area (Å²) in [6.07, 6.45) is 1.16. The molecular weight excluding hydrogens is 238 g/mol. The predicted octanol–water partition coefficient (Wildman–Crippen LogP) is 1.85. The standard InChI is InChI=1S/C15H19N3O/c1-12(13-6-3-2-4-7-13)18-11-5-10-17-15(19)14(18)8-9-16/h2-4,6-7,12,14H,5,8,10-11H2,1H3,(H,17,19). The highest BCUT2D eigenvalue weighted by molar-refractivity contribution is 5.82. The van der Waals surface area contributed by atoms with Gasteiger partial charge in [-0.15, -0.1) is 0 Å². The van der Waals surface area contributed by atoms with Crippen molar-refractivity contribution in [2.75, 3.05) is 13.1 Å². The summed E-state index contributed by atoms with van der Waals surface area (Å²) < 4.78 is 0. The number of carbonyl (C=O) groups excluding carboxylic acids is 1. The molecule has 19 heavy (non-hydrogen) atoms. The maximum absolute atomic E-state index is 12.0. The zero-order valence-electron chi connectivity index (χ0n) is 11.2. The van der Waals surface area contributed by atoms with E-state index >= 15 is 0 Å². The molecule has 100 valence electrons. The number of hydrogen-bond acceptors (Lipinski definition) is 3. The van der Waals surface area contributed by atoms with Crippen LogP contribution in [-0.4, -0.2) is 29.9 Å². The van der Waals surface area contributed by atoms with Crippen molar-refractivity contribution in [1.29, 1.82) is 5.26 Å². The van der Waals surface area contributed by atoms with Crippen LogP contribution in [0.2, 0.25) is 0 Å². The van der Waals surface area contributed by atoms with E-state index in [0.29, 0.717) is 6.54 Å². The molecule has 2 unspecified atom stereocenters. The summed E-state index contributed by atoms with van der Waals surface area (Å²) in [6.45, 7) is 3.62. The van der Waals surface area contributed by atoms with Gasteiger partial charge in [-0.1, -0.05) is 30.3 Å². The number of hydrogen-bond donors (Lipinski definition) is 1. The van der Waals surface area contributed by atoms with Crippen LogP contribution in [0.25, 0.3) is 0 Å². The molecule has 4 nitrogen and oxygen atoms in total. The second-order valence-corrected chi connectivity index (χ2v) is 4.85. The van der Waals surface area contributed by atoms with Crippen LogP contribution in [0.1, 0.15) is 31.4 Å². The fourth-order valence-corrected chi connectivity index (χ4v) is 2.58. The minimum Gasteiger partial charge on any atom is -0.355 e. The van der Waals surface area contributed by atoms with E-state index in [1.54, 1.807) is 0 Å². The van der Waals surface area contributed by atoms with E-state index in [9.17, 15) is 4.79 Å². The van der Waals surface area contributed by atoms with Crippen LogP contribution in [0.4, 0.5) is 0 Å². The molecule has 1 aliphatic rings. The number of rotatable bonds is 3. The third kappa shape index (κ3) is 3.12. The van der Waals surface area contributed by atoms with Gasteiger partial charge in [0.25, 0.3) is 0 Å². The lowest BCUT2D eigenvalue weighted by molar-refractivity contribution is -0.126. The number of benzene rings is 1. The maximum atomic E-state index is 12.0. The quantitative estimate of drug-likeness (QED) is 0.899. The number of carbonyl (C=O) groups is 1. The molecule has 1 N–H and O–H groups in total. The first-order chi connectivity index (χ1) is 9.24. The van der Waals surface area contributed by atoms with Gasteiger partial charge in [-0.25, -0.2) is 0 Å². The molecule has 0 bridgehead atoms. The third-order valence-corrected chi connectivity index (χ3v) is 3.66. The zero-order chi connectivity index (χ0) is 13.7. The number of nitriles is 1. The van der Waals surface area contributed by atoms with E-state index < -0.39 is 0 Å². The summed E-state index contributed by atoms with van der Waals surface area (Å²) in [5, 5.41) is 11.8. The van der Waals surface area contributed by atoms with E-state index in [2.05, 4.69) is 35.3 Å². The summed E-state index contributed by atoms with van der Waals surface area (Å²) in [7, 11) is 0. The molecule has 0 aromatic heterocycles. The Kier molecular flexibility index (Phi) is 4.53. The van der Waals surface area contributed by atoms with Gasteiger partial charge in [0, 0.05) is 19.1 Å². The molecule has 2 atom stereocenters. The van der Waals surface area contributed by atoms with Crippen molar-refractivity contribution in [3.05, 3.63) is 35.9 Å². The van der Waals surface area contributed by atoms with E-state index in [1.807, 2.05) is 18.2 Å². The monoisotopic (exact) mass is 257 g/mol. The van der Waals surface area contributed by atoms with Crippen LogP contribution in [0, 0.1) is 11.3 Å². The predicted molar refractivity (Wildman–Crippen MR) is 73.2 cm³/mol. The molecule has 0 radical (unpaired) electrons. The highest BCUT2D eigenvalue weighted by atomic mass is 16.2. The molecule has 1 heterocycles. The lowest BCUT2D eigenvalue weighted by Gasteiger charge is -2.32. The van der Waals surface area contributed by atoms with Crippen LogP contribution < -0.4 is 5.32 Å². The fraction of sp³-hybridized carbons (Fsp3) is 0.467. The molecule has 1 aliphatic heterocycles. The molecule has 1 aromatic rings. The molecule has 2 rings (SSSR count). The van der Waals surface area contributed by atoms with Crippen LogP contribution >= 0.6 is 0 Å². The first-order valence-electron chi connectivity index (χ1n) is 6.69. The Bertz CT molecular complexity index is 466. The fourth-order valence-electron chi connectivity index (χ4n) is 2.58. The summed E-state index contributed by atoms with van der Waals surface area (Å²) in [5.74, 6) is -0.0261. The van der Waals surface area contributed by atoms with E-state index in [-0.39, 0.29) is 24.4 Å². The lowest BCUT2D eigenvalue weighted by atomic mass is 10.0. The average Bonchev–Trinajstić information content (AvgIpc) is 2.62. The highest BCUT2D eigenvalue weighted by Crippen LogP contribution is 2.24. The summed E-state index contributed by atoms with van der Waals surface area (Å²) in [4.78, 5) is 14.2. The second kappa shape index (κ2) is 6.35. The average molecular weight is 257 g/mol. The molecule has 1 amide bonds. The van der Waals surface area contributed by atoms with Crippen molar-refractivity contribution in [2.24, 2.45) is 0 Å². The molecule has 0 saturated carbocycles. The smallest absolute Gasteiger partial charge is 0.238 e. The number of nitrogens with zero attached hydrogens (tertiary/aromatic N) is 2. The third-order valence-electron chi connectivity index (χ3n) is 3.66. The minimum absolute atomic E-state index is 0.0261. The van der Waals surface area contributed by atoms with Crippen LogP contribution in [0.15, 0.2) is 30.3 Å². The molecule has 4 heteroatoms. The second-order valence-electron chi connectivity index (χ2n) is 4.85. The van der Waals surface area contributed by atoms with Gasteiger partial charge in [0.2, 0.25) is 5.91 Å². The van der Waals surface area contributed by atoms with Crippen molar-refractivity contribution < 1.29 is 4.79 Å². The Morgan fingerprint density at radius 3 is 2.89 bits per heavy atom. The van der Waals surface area contributed by atoms with Gasteiger partial charge in [-0.2, -0.15) is 5.26 Å². The van der Waals surface area contributed by atoms with Gasteiger partial charge in [0.1, 0.15) is 6.04 Å². The molecule has 0 spiro atoms. The van der Waals surface area contributed by atoms with Crippen LogP contribution in [0.5, 0.6) is 0 Å². The summed E-state index contributed by atoms with van der Waals surface area (Å²) >= 11 is 0. The Balaban J connectivity index is 2.23. The first-order valence-corrected chi connectivity index (χ1v) is 6.69. The Morgan fingerprint density at radius 1 is 1.47 bits per heavy atom. The van der Waals surface area contributed by atoms with Crippen molar-refractivity contribution in [3.8, 4) is 6.07 Å². The Morgan fingerprint density at radius 2 is 2.21 bits per heavy atom. The molecule has 1 saturated heterocycles. The minimum atomic E-state index is -0.345. The van der Waals surface area contributed by atoms with Crippen molar-refractivity contribution >= 4 is 5.91 Å². The SMILES string of the molecule is CC(c1ccccc1)N1CCCNC(=O)C1CC#N. The van der Waals surface area contributed by atoms with Crippen LogP contribution in [-0.2, 0) is 4.79 Å². The molecular formula is C15H19N3O. The van der Waals surface area contributed by atoms with Gasteiger partial charge in [0.05, 0.1) is 12.5 Å². The largest absolute Gasteiger partial charge is 0.355 e. The van der Waals surface area contributed by atoms with Gasteiger partial charge >= 0.3 is 0 Å². The topological polar surface area (TPSA) is 56.1 Å². The van der Waals surface area contributed by atoms with Crippen LogP contribution in [0.3, 0.4) is 0 Å². The van der Waals surface area contributed by atoms with Gasteiger partial charge < -0.3 is 5.32 Å². The first kappa shape index (κ1) is 13.6. The van der Waals surface area contributed by atoms with Crippen molar-refractivity contribution in [1.82, 2.24) is 10.2 Å². The van der Waals surface area contributed by atoms with Gasteiger partial charge in [-0.05, 0) is 18.9 Å². The summed E-state index contributed by atoms with van der Waals surface area (Å²) in [5.41, 5.74) is 1.18. The van der Waals surface area contributed by atoms with Crippen molar-refractivity contribution in [3.63, 3.8) is 0 Å². The Hall–Kier alpha value is -1.86. The summed E-state index contributed by atoms with van der Waals surface area (Å²) in [6, 6.07) is 12.0.